The minimum Gasteiger partial charge on any atom is -0.507 e. The first-order valence-electron chi connectivity index (χ1n) is 6.34. The number of benzene rings is 2. The second kappa shape index (κ2) is 7.02. The van der Waals surface area contributed by atoms with Gasteiger partial charge in [-0.25, -0.2) is 8.78 Å². The topological polar surface area (TPSA) is 66.4 Å². The lowest BCUT2D eigenvalue weighted by Crippen LogP contribution is -2.21. The highest BCUT2D eigenvalue weighted by molar-refractivity contribution is 6.45. The van der Waals surface area contributed by atoms with Gasteiger partial charge in [0.15, 0.2) is 0 Å². The van der Waals surface area contributed by atoms with Crippen molar-refractivity contribution in [2.45, 2.75) is 0 Å². The van der Waals surface area contributed by atoms with E-state index in [0.29, 0.717) is 6.08 Å². The van der Waals surface area contributed by atoms with Crippen LogP contribution in [-0.4, -0.2) is 16.8 Å². The molecular weight excluding hydrogens is 328 g/mol. The lowest BCUT2D eigenvalue weighted by atomic mass is 10.1. The molecule has 0 aromatic heterocycles. The SMILES string of the molecule is O=C(/C=C(\O)c1ccc(F)cc1)C(=O)Nc1ccc(F)c(Cl)c1. The number of hydrogen-bond donors (Lipinski definition) is 2. The molecule has 0 radical (unpaired) electrons. The molecule has 2 N–H and O–H groups in total. The van der Waals surface area contributed by atoms with Crippen LogP contribution in [-0.2, 0) is 9.59 Å². The first-order chi connectivity index (χ1) is 10.9. The number of carbonyl (C=O) groups is 2. The van der Waals surface area contributed by atoms with Crippen LogP contribution >= 0.6 is 11.6 Å². The molecule has 0 spiro atoms. The van der Waals surface area contributed by atoms with Gasteiger partial charge in [-0.05, 0) is 42.5 Å². The summed E-state index contributed by atoms with van der Waals surface area (Å²) in [6.07, 6.45) is 0.702. The largest absolute Gasteiger partial charge is 0.507 e. The number of halogens is 3. The molecule has 2 aromatic rings. The molecule has 0 unspecified atom stereocenters. The van der Waals surface area contributed by atoms with Gasteiger partial charge in [-0.2, -0.15) is 0 Å². The van der Waals surface area contributed by atoms with Gasteiger partial charge in [-0.1, -0.05) is 11.6 Å². The van der Waals surface area contributed by atoms with Gasteiger partial charge >= 0.3 is 0 Å². The summed E-state index contributed by atoms with van der Waals surface area (Å²) in [5.74, 6) is -3.72. The van der Waals surface area contributed by atoms with Crippen molar-refractivity contribution in [3.63, 3.8) is 0 Å². The first kappa shape index (κ1) is 16.6. The number of aliphatic hydroxyl groups excluding tert-OH is 1. The summed E-state index contributed by atoms with van der Waals surface area (Å²) in [7, 11) is 0. The van der Waals surface area contributed by atoms with Crippen LogP contribution in [0.25, 0.3) is 5.76 Å². The van der Waals surface area contributed by atoms with Gasteiger partial charge in [-0.15, -0.1) is 0 Å². The van der Waals surface area contributed by atoms with E-state index in [2.05, 4.69) is 5.32 Å². The van der Waals surface area contributed by atoms with Crippen molar-refractivity contribution in [1.29, 1.82) is 0 Å². The van der Waals surface area contributed by atoms with Crippen LogP contribution in [0.4, 0.5) is 14.5 Å². The smallest absolute Gasteiger partial charge is 0.296 e. The maximum Gasteiger partial charge on any atom is 0.296 e. The van der Waals surface area contributed by atoms with Crippen LogP contribution < -0.4 is 5.32 Å². The van der Waals surface area contributed by atoms with E-state index in [1.807, 2.05) is 0 Å². The van der Waals surface area contributed by atoms with E-state index in [9.17, 15) is 23.5 Å². The van der Waals surface area contributed by atoms with Crippen LogP contribution in [0.5, 0.6) is 0 Å². The number of rotatable bonds is 4. The molecular formula is C16H10ClF2NO3. The molecule has 0 bridgehead atoms. The molecule has 0 atom stereocenters. The van der Waals surface area contributed by atoms with E-state index in [1.165, 1.54) is 18.2 Å². The Hall–Kier alpha value is -2.73. The Morgan fingerprint density at radius 2 is 1.74 bits per heavy atom. The lowest BCUT2D eigenvalue weighted by Gasteiger charge is -2.04. The third kappa shape index (κ3) is 4.37. The Morgan fingerprint density at radius 3 is 2.35 bits per heavy atom. The van der Waals surface area contributed by atoms with Gasteiger partial charge in [0.2, 0.25) is 5.78 Å². The minimum absolute atomic E-state index is 0.129. The van der Waals surface area contributed by atoms with Crippen molar-refractivity contribution in [2.75, 3.05) is 5.32 Å². The van der Waals surface area contributed by atoms with Crippen LogP contribution in [0.3, 0.4) is 0 Å². The summed E-state index contributed by atoms with van der Waals surface area (Å²) in [4.78, 5) is 23.4. The zero-order valence-electron chi connectivity index (χ0n) is 11.5. The molecule has 0 heterocycles. The molecule has 4 nitrogen and oxygen atoms in total. The Balaban J connectivity index is 2.09. The highest BCUT2D eigenvalue weighted by Gasteiger charge is 2.14. The fourth-order valence-electron chi connectivity index (χ4n) is 1.66. The standard InChI is InChI=1S/C16H10ClF2NO3/c17-12-7-11(5-6-13(12)19)20-16(23)15(22)8-14(21)9-1-3-10(18)4-2-9/h1-8,21H,(H,20,23)/b14-8-. The Labute approximate surface area is 135 Å². The molecule has 0 aliphatic rings. The highest BCUT2D eigenvalue weighted by atomic mass is 35.5. The maximum absolute atomic E-state index is 13.0. The average molecular weight is 338 g/mol. The Bertz CT molecular complexity index is 788. The van der Waals surface area contributed by atoms with Gasteiger partial charge in [-0.3, -0.25) is 9.59 Å². The molecule has 2 rings (SSSR count). The summed E-state index contributed by atoms with van der Waals surface area (Å²) in [5.41, 5.74) is 0.307. The Morgan fingerprint density at radius 1 is 1.09 bits per heavy atom. The van der Waals surface area contributed by atoms with Crippen molar-refractivity contribution in [3.8, 4) is 0 Å². The van der Waals surface area contributed by atoms with Crippen LogP contribution in [0.1, 0.15) is 5.56 Å². The number of hydrogen-bond acceptors (Lipinski definition) is 3. The molecule has 0 saturated carbocycles. The third-order valence-electron chi connectivity index (χ3n) is 2.81. The van der Waals surface area contributed by atoms with Crippen LogP contribution in [0.2, 0.25) is 5.02 Å². The normalized spacial score (nSPS) is 11.2. The number of aliphatic hydroxyl groups is 1. The predicted octanol–water partition coefficient (Wildman–Crippen LogP) is 3.72. The maximum atomic E-state index is 13.0. The van der Waals surface area contributed by atoms with Crippen molar-refractivity contribution in [2.24, 2.45) is 0 Å². The second-order valence-corrected chi connectivity index (χ2v) is 4.89. The van der Waals surface area contributed by atoms with E-state index < -0.39 is 29.1 Å². The number of carbonyl (C=O) groups excluding carboxylic acids is 2. The second-order valence-electron chi connectivity index (χ2n) is 4.48. The zero-order chi connectivity index (χ0) is 17.0. The zero-order valence-corrected chi connectivity index (χ0v) is 12.3. The molecule has 0 aliphatic carbocycles. The minimum atomic E-state index is -1.04. The number of anilines is 1. The van der Waals surface area contributed by atoms with Crippen molar-refractivity contribution in [1.82, 2.24) is 0 Å². The van der Waals surface area contributed by atoms with Crippen molar-refractivity contribution < 1.29 is 23.5 Å². The summed E-state index contributed by atoms with van der Waals surface area (Å²) in [5, 5.41) is 11.8. The molecule has 1 amide bonds. The fourth-order valence-corrected chi connectivity index (χ4v) is 1.84. The Kier molecular flexibility index (Phi) is 5.08. The van der Waals surface area contributed by atoms with Crippen LogP contribution in [0.15, 0.2) is 48.5 Å². The van der Waals surface area contributed by atoms with E-state index in [4.69, 9.17) is 11.6 Å². The molecule has 0 aliphatic heterocycles. The molecule has 0 saturated heterocycles. The predicted molar refractivity (Wildman–Crippen MR) is 82.1 cm³/mol. The average Bonchev–Trinajstić information content (AvgIpc) is 2.51. The van der Waals surface area contributed by atoms with Gasteiger partial charge in [0.1, 0.15) is 17.4 Å². The summed E-state index contributed by atoms with van der Waals surface area (Å²) >= 11 is 5.56. The van der Waals surface area contributed by atoms with Crippen LogP contribution in [0, 0.1) is 11.6 Å². The van der Waals surface area contributed by atoms with Crippen molar-refractivity contribution in [3.05, 3.63) is 70.8 Å². The van der Waals surface area contributed by atoms with Gasteiger partial charge in [0, 0.05) is 17.3 Å². The molecule has 118 valence electrons. The van der Waals surface area contributed by atoms with Gasteiger partial charge < -0.3 is 10.4 Å². The number of amides is 1. The summed E-state index contributed by atoms with van der Waals surface area (Å²) in [6.45, 7) is 0. The van der Waals surface area contributed by atoms with E-state index in [0.717, 1.165) is 24.3 Å². The third-order valence-corrected chi connectivity index (χ3v) is 3.10. The highest BCUT2D eigenvalue weighted by Crippen LogP contribution is 2.19. The van der Waals surface area contributed by atoms with Crippen molar-refractivity contribution >= 4 is 34.7 Å². The molecule has 2 aromatic carbocycles. The monoisotopic (exact) mass is 337 g/mol. The summed E-state index contributed by atoms with van der Waals surface area (Å²) in [6, 6.07) is 8.13. The first-order valence-corrected chi connectivity index (χ1v) is 6.71. The molecule has 23 heavy (non-hydrogen) atoms. The van der Waals surface area contributed by atoms with E-state index in [1.54, 1.807) is 0 Å². The lowest BCUT2D eigenvalue weighted by molar-refractivity contribution is -0.131. The quantitative estimate of drug-likeness (QED) is 0.507. The fraction of sp³-hybridized carbons (Fsp3) is 0. The number of ketones is 1. The molecule has 0 fully saturated rings. The number of nitrogens with one attached hydrogen (secondary N) is 1. The van der Waals surface area contributed by atoms with E-state index in [-0.39, 0.29) is 16.3 Å². The van der Waals surface area contributed by atoms with Gasteiger partial charge in [0.05, 0.1) is 5.02 Å². The van der Waals surface area contributed by atoms with Gasteiger partial charge in [0.25, 0.3) is 5.91 Å². The van der Waals surface area contributed by atoms with E-state index >= 15 is 0 Å². The summed E-state index contributed by atoms with van der Waals surface area (Å²) < 4.78 is 25.8. The molecule has 7 heteroatoms.